The van der Waals surface area contributed by atoms with Crippen LogP contribution >= 0.6 is 0 Å². The molecule has 2 fully saturated rings. The van der Waals surface area contributed by atoms with Crippen molar-refractivity contribution in [3.05, 3.63) is 82.5 Å². The number of aromatic nitrogens is 1. The highest BCUT2D eigenvalue weighted by molar-refractivity contribution is 5.98. The van der Waals surface area contributed by atoms with E-state index in [0.717, 1.165) is 75.6 Å². The van der Waals surface area contributed by atoms with Gasteiger partial charge in [0.2, 0.25) is 0 Å². The number of hydrogen-bond acceptors (Lipinski definition) is 7. The van der Waals surface area contributed by atoms with Crippen molar-refractivity contribution in [2.75, 3.05) is 45.1 Å². The summed E-state index contributed by atoms with van der Waals surface area (Å²) in [7, 11) is 0. The molecule has 1 saturated heterocycles. The van der Waals surface area contributed by atoms with Crippen LogP contribution in [-0.2, 0) is 23.9 Å². The number of hydrogen-bond donors (Lipinski definition) is 3. The molecule has 11 heteroatoms. The third-order valence-electron chi connectivity index (χ3n) is 9.46. The molecule has 8 nitrogen and oxygen atoms in total. The van der Waals surface area contributed by atoms with E-state index in [4.69, 9.17) is 10.5 Å². The highest BCUT2D eigenvalue weighted by Crippen LogP contribution is 2.38. The van der Waals surface area contributed by atoms with E-state index in [1.165, 1.54) is 16.7 Å². The Balaban J connectivity index is 1.03. The van der Waals surface area contributed by atoms with Crippen LogP contribution in [0.4, 0.5) is 19.0 Å². The lowest BCUT2D eigenvalue weighted by atomic mass is 9.98. The number of piperazine rings is 1. The second kappa shape index (κ2) is 13.5. The Hall–Kier alpha value is -3.51. The number of carbonyl (C=O) groups excluding carboxylic acids is 1. The summed E-state index contributed by atoms with van der Waals surface area (Å²) in [6.45, 7) is 5.40. The van der Waals surface area contributed by atoms with E-state index in [2.05, 4.69) is 62.6 Å². The van der Waals surface area contributed by atoms with Crippen LogP contribution in [0.25, 0.3) is 11.1 Å². The molecular formula is C34H40F3N5O3. The summed E-state index contributed by atoms with van der Waals surface area (Å²) in [5.74, 6) is -0.926. The summed E-state index contributed by atoms with van der Waals surface area (Å²) in [5.41, 5.74) is 10.6. The number of β-amino-alcohol motifs (C(OH)–C–C–N with tert-alkyl or cyclic N) is 1. The SMILES string of the molecule is Nc1ncc(C(F)(F)F)cc1C(=O)N[C@H]1CCC[C@@H]1OCc1ccc(-c2ccc3c(c2)CC[C@@H]3N2CCN(CCO)CC2)cc1. The predicted octanol–water partition coefficient (Wildman–Crippen LogP) is 4.81. The Bertz CT molecular complexity index is 1490. The van der Waals surface area contributed by atoms with Gasteiger partial charge in [-0.1, -0.05) is 42.5 Å². The van der Waals surface area contributed by atoms with Crippen molar-refractivity contribution in [1.82, 2.24) is 20.1 Å². The number of pyridine rings is 1. The van der Waals surface area contributed by atoms with Crippen LogP contribution in [0.3, 0.4) is 0 Å². The van der Waals surface area contributed by atoms with Gasteiger partial charge in [0, 0.05) is 45.0 Å². The number of nitrogens with zero attached hydrogens (tertiary/aromatic N) is 3. The molecule has 1 aliphatic heterocycles. The molecule has 3 aromatic rings. The number of aliphatic hydroxyl groups excluding tert-OH is 1. The minimum atomic E-state index is -4.62. The van der Waals surface area contributed by atoms with E-state index in [1.54, 1.807) is 0 Å². The minimum absolute atomic E-state index is 0.216. The molecule has 1 amide bonds. The second-order valence-electron chi connectivity index (χ2n) is 12.3. The Labute approximate surface area is 261 Å². The average Bonchev–Trinajstić information content (AvgIpc) is 3.67. The smallest absolute Gasteiger partial charge is 0.395 e. The van der Waals surface area contributed by atoms with Crippen molar-refractivity contribution in [3.63, 3.8) is 0 Å². The number of nitrogens with one attached hydrogen (secondary N) is 1. The number of aryl methyl sites for hydroxylation is 1. The van der Waals surface area contributed by atoms with Gasteiger partial charge in [-0.15, -0.1) is 0 Å². The highest BCUT2D eigenvalue weighted by atomic mass is 19.4. The molecule has 45 heavy (non-hydrogen) atoms. The molecule has 2 aliphatic carbocycles. The number of amides is 1. The topological polar surface area (TPSA) is 104 Å². The number of fused-ring (bicyclic) bond motifs is 1. The summed E-state index contributed by atoms with van der Waals surface area (Å²) in [6.07, 6.45) is 0.221. The standard InChI is InChI=1S/C34H40F3N5O3/c35-34(36,37)26-19-28(32(38)39-20-26)33(44)40-29-2-1-3-31(29)45-21-22-4-6-23(7-5-22)24-8-10-27-25(18-24)9-11-30(27)42-14-12-41(13-15-42)16-17-43/h4-8,10,18-20,29-31,43H,1-3,9,11-17,21H2,(H2,38,39)(H,40,44)/t29-,30-,31-/m0/s1. The van der Waals surface area contributed by atoms with E-state index in [1.807, 2.05) is 0 Å². The van der Waals surface area contributed by atoms with Crippen molar-refractivity contribution in [2.24, 2.45) is 0 Å². The lowest BCUT2D eigenvalue weighted by Gasteiger charge is -2.38. The molecule has 6 rings (SSSR count). The minimum Gasteiger partial charge on any atom is -0.395 e. The first kappa shape index (κ1) is 31.5. The van der Waals surface area contributed by atoms with E-state index in [0.29, 0.717) is 25.3 Å². The highest BCUT2D eigenvalue weighted by Gasteiger charge is 2.34. The van der Waals surface area contributed by atoms with Crippen molar-refractivity contribution >= 4 is 11.7 Å². The van der Waals surface area contributed by atoms with Crippen LogP contribution in [0.15, 0.2) is 54.7 Å². The largest absolute Gasteiger partial charge is 0.417 e. The Morgan fingerprint density at radius 3 is 2.51 bits per heavy atom. The quantitative estimate of drug-likeness (QED) is 0.314. The molecule has 1 saturated carbocycles. The van der Waals surface area contributed by atoms with Crippen LogP contribution in [-0.4, -0.2) is 77.3 Å². The molecule has 2 aromatic carbocycles. The van der Waals surface area contributed by atoms with Crippen molar-refractivity contribution in [2.45, 2.75) is 63.1 Å². The van der Waals surface area contributed by atoms with Crippen LogP contribution in [0.2, 0.25) is 0 Å². The molecule has 2 heterocycles. The molecule has 240 valence electrons. The van der Waals surface area contributed by atoms with Crippen LogP contribution in [0.1, 0.15) is 64.3 Å². The third-order valence-corrected chi connectivity index (χ3v) is 9.46. The number of anilines is 1. The Kier molecular flexibility index (Phi) is 9.41. The maximum absolute atomic E-state index is 13.1. The first-order chi connectivity index (χ1) is 21.7. The average molecular weight is 624 g/mol. The number of halogens is 3. The molecule has 0 spiro atoms. The van der Waals surface area contributed by atoms with Gasteiger partial charge in [-0.05, 0) is 66.0 Å². The summed E-state index contributed by atoms with van der Waals surface area (Å²) >= 11 is 0. The van der Waals surface area contributed by atoms with Gasteiger partial charge in [-0.2, -0.15) is 13.2 Å². The lowest BCUT2D eigenvalue weighted by Crippen LogP contribution is -2.47. The van der Waals surface area contributed by atoms with Gasteiger partial charge in [0.15, 0.2) is 0 Å². The van der Waals surface area contributed by atoms with Gasteiger partial charge < -0.3 is 20.9 Å². The first-order valence-corrected chi connectivity index (χ1v) is 15.7. The third kappa shape index (κ3) is 7.17. The number of carbonyl (C=O) groups is 1. The van der Waals surface area contributed by atoms with Gasteiger partial charge in [0.25, 0.3) is 5.91 Å². The number of alkyl halides is 3. The van der Waals surface area contributed by atoms with E-state index in [-0.39, 0.29) is 30.1 Å². The molecule has 1 aromatic heterocycles. The number of benzene rings is 2. The van der Waals surface area contributed by atoms with E-state index in [9.17, 15) is 23.1 Å². The molecule has 0 bridgehead atoms. The Morgan fingerprint density at radius 1 is 1.02 bits per heavy atom. The van der Waals surface area contributed by atoms with E-state index < -0.39 is 17.6 Å². The number of aliphatic hydroxyl groups is 1. The lowest BCUT2D eigenvalue weighted by molar-refractivity contribution is -0.137. The zero-order valence-corrected chi connectivity index (χ0v) is 25.2. The van der Waals surface area contributed by atoms with Crippen molar-refractivity contribution in [1.29, 1.82) is 0 Å². The van der Waals surface area contributed by atoms with Crippen LogP contribution < -0.4 is 11.1 Å². The normalized spacial score (nSPS) is 22.4. The Morgan fingerprint density at radius 2 is 1.78 bits per heavy atom. The number of nitrogens with two attached hydrogens (primary N) is 1. The predicted molar refractivity (Wildman–Crippen MR) is 165 cm³/mol. The number of rotatable bonds is 9. The van der Waals surface area contributed by atoms with Gasteiger partial charge in [0.1, 0.15) is 5.82 Å². The summed E-state index contributed by atoms with van der Waals surface area (Å²) in [6, 6.07) is 16.0. The summed E-state index contributed by atoms with van der Waals surface area (Å²) < 4.78 is 45.6. The molecule has 3 aliphatic rings. The second-order valence-corrected chi connectivity index (χ2v) is 12.3. The fourth-order valence-electron chi connectivity index (χ4n) is 6.94. The monoisotopic (exact) mass is 623 g/mol. The zero-order valence-electron chi connectivity index (χ0n) is 25.2. The van der Waals surface area contributed by atoms with Gasteiger partial charge in [-0.25, -0.2) is 4.98 Å². The molecule has 3 atom stereocenters. The van der Waals surface area contributed by atoms with Crippen molar-refractivity contribution in [3.8, 4) is 11.1 Å². The zero-order chi connectivity index (χ0) is 31.6. The van der Waals surface area contributed by atoms with E-state index >= 15 is 0 Å². The maximum atomic E-state index is 13.1. The van der Waals surface area contributed by atoms with Gasteiger partial charge in [-0.3, -0.25) is 14.6 Å². The number of ether oxygens (including phenoxy) is 1. The van der Waals surface area contributed by atoms with Crippen LogP contribution in [0, 0.1) is 0 Å². The maximum Gasteiger partial charge on any atom is 0.417 e. The fraction of sp³-hybridized carbons (Fsp3) is 0.471. The number of nitrogen functional groups attached to an aromatic ring is 1. The molecule has 0 unspecified atom stereocenters. The van der Waals surface area contributed by atoms with Gasteiger partial charge >= 0.3 is 6.18 Å². The molecule has 4 N–H and O–H groups in total. The molecular weight excluding hydrogens is 583 g/mol. The molecule has 0 radical (unpaired) electrons. The first-order valence-electron chi connectivity index (χ1n) is 15.7. The van der Waals surface area contributed by atoms with Gasteiger partial charge in [0.05, 0.1) is 36.5 Å². The van der Waals surface area contributed by atoms with Crippen LogP contribution in [0.5, 0.6) is 0 Å². The summed E-state index contributed by atoms with van der Waals surface area (Å²) in [5, 5.41) is 12.0. The fourth-order valence-corrected chi connectivity index (χ4v) is 6.94. The summed E-state index contributed by atoms with van der Waals surface area (Å²) in [4.78, 5) is 21.3. The van der Waals surface area contributed by atoms with Crippen molar-refractivity contribution < 1.29 is 27.8 Å².